The van der Waals surface area contributed by atoms with E-state index in [1.807, 2.05) is 30.2 Å². The number of urea groups is 1. The Morgan fingerprint density at radius 2 is 2.17 bits per heavy atom. The van der Waals surface area contributed by atoms with E-state index in [-0.39, 0.29) is 6.03 Å². The zero-order valence-corrected chi connectivity index (χ0v) is 14.5. The molecule has 132 valence electrons. The van der Waals surface area contributed by atoms with Crippen molar-refractivity contribution in [3.05, 3.63) is 29.6 Å². The third kappa shape index (κ3) is 4.92. The van der Waals surface area contributed by atoms with Crippen molar-refractivity contribution in [1.82, 2.24) is 20.1 Å². The summed E-state index contributed by atoms with van der Waals surface area (Å²) in [5.41, 5.74) is 2.03. The van der Waals surface area contributed by atoms with Crippen LogP contribution in [0.15, 0.2) is 18.3 Å². The normalized spacial score (nSPS) is 22.4. The number of ether oxygens (including phenoxy) is 1. The molecule has 2 fully saturated rings. The minimum absolute atomic E-state index is 0.0438. The number of morpholine rings is 1. The quantitative estimate of drug-likeness (QED) is 0.911. The van der Waals surface area contributed by atoms with Crippen molar-refractivity contribution in [3.63, 3.8) is 0 Å². The first-order chi connectivity index (χ1) is 11.7. The summed E-state index contributed by atoms with van der Waals surface area (Å²) in [4.78, 5) is 21.1. The standard InChI is InChI=1S/C18H28N4O2/c1-15-4-5-16(11-19-15)12-20-18(23)22-6-2-3-17(14-22)13-21-7-9-24-10-8-21/h4-5,11,17H,2-3,6-10,12-14H2,1H3,(H,20,23). The van der Waals surface area contributed by atoms with Crippen LogP contribution in [-0.2, 0) is 11.3 Å². The van der Waals surface area contributed by atoms with Gasteiger partial charge in [-0.15, -0.1) is 0 Å². The molecule has 0 bridgehead atoms. The molecule has 6 heteroatoms. The lowest BCUT2D eigenvalue weighted by atomic mass is 9.97. The molecular formula is C18H28N4O2. The number of amides is 2. The molecule has 0 saturated carbocycles. The van der Waals surface area contributed by atoms with E-state index in [0.717, 1.165) is 63.6 Å². The summed E-state index contributed by atoms with van der Waals surface area (Å²) in [6.45, 7) is 9.00. The smallest absolute Gasteiger partial charge is 0.317 e. The summed E-state index contributed by atoms with van der Waals surface area (Å²) in [6.07, 6.45) is 4.13. The SMILES string of the molecule is Cc1ccc(CNC(=O)N2CCCC(CN3CCOCC3)C2)cn1. The van der Waals surface area contributed by atoms with Gasteiger partial charge < -0.3 is 15.0 Å². The first-order valence-electron chi connectivity index (χ1n) is 8.95. The highest BCUT2D eigenvalue weighted by atomic mass is 16.5. The second-order valence-corrected chi connectivity index (χ2v) is 6.83. The number of carbonyl (C=O) groups excluding carboxylic acids is 1. The van der Waals surface area contributed by atoms with Crippen molar-refractivity contribution in [1.29, 1.82) is 0 Å². The Hall–Kier alpha value is -1.66. The molecule has 1 atom stereocenters. The van der Waals surface area contributed by atoms with Gasteiger partial charge >= 0.3 is 6.03 Å². The number of aryl methyl sites for hydroxylation is 1. The van der Waals surface area contributed by atoms with Crippen LogP contribution in [0.1, 0.15) is 24.1 Å². The Balaban J connectivity index is 1.44. The fraction of sp³-hybridized carbons (Fsp3) is 0.667. The van der Waals surface area contributed by atoms with Crippen LogP contribution in [0, 0.1) is 12.8 Å². The first kappa shape index (κ1) is 17.2. The van der Waals surface area contributed by atoms with Crippen molar-refractivity contribution < 1.29 is 9.53 Å². The molecule has 0 spiro atoms. The largest absolute Gasteiger partial charge is 0.379 e. The third-order valence-corrected chi connectivity index (χ3v) is 4.84. The van der Waals surface area contributed by atoms with Crippen LogP contribution in [0.2, 0.25) is 0 Å². The predicted octanol–water partition coefficient (Wildman–Crippen LogP) is 1.64. The molecule has 2 saturated heterocycles. The average Bonchev–Trinajstić information content (AvgIpc) is 2.62. The minimum Gasteiger partial charge on any atom is -0.379 e. The van der Waals surface area contributed by atoms with E-state index in [0.29, 0.717) is 12.5 Å². The van der Waals surface area contributed by atoms with Crippen molar-refractivity contribution in [3.8, 4) is 0 Å². The zero-order valence-electron chi connectivity index (χ0n) is 14.5. The summed E-state index contributed by atoms with van der Waals surface area (Å²) >= 11 is 0. The Bertz CT molecular complexity index is 528. The van der Waals surface area contributed by atoms with Crippen molar-refractivity contribution in [2.75, 3.05) is 45.9 Å². The Kier molecular flexibility index (Phi) is 6.04. The van der Waals surface area contributed by atoms with Gasteiger partial charge in [0.1, 0.15) is 0 Å². The van der Waals surface area contributed by atoms with Gasteiger partial charge in [-0.3, -0.25) is 9.88 Å². The van der Waals surface area contributed by atoms with Crippen molar-refractivity contribution >= 4 is 6.03 Å². The molecule has 2 aliphatic heterocycles. The maximum atomic E-state index is 12.4. The summed E-state index contributed by atoms with van der Waals surface area (Å²) in [5.74, 6) is 0.573. The molecule has 1 N–H and O–H groups in total. The maximum absolute atomic E-state index is 12.4. The molecule has 1 unspecified atom stereocenters. The lowest BCUT2D eigenvalue weighted by Gasteiger charge is -2.36. The van der Waals surface area contributed by atoms with Gasteiger partial charge in [-0.25, -0.2) is 4.79 Å². The number of carbonyl (C=O) groups is 1. The third-order valence-electron chi connectivity index (χ3n) is 4.84. The van der Waals surface area contributed by atoms with E-state index < -0.39 is 0 Å². The molecule has 3 heterocycles. The van der Waals surface area contributed by atoms with Crippen LogP contribution in [0.25, 0.3) is 0 Å². The number of likely N-dealkylation sites (tertiary alicyclic amines) is 1. The number of nitrogens with one attached hydrogen (secondary N) is 1. The van der Waals surface area contributed by atoms with Gasteiger partial charge in [-0.2, -0.15) is 0 Å². The highest BCUT2D eigenvalue weighted by molar-refractivity contribution is 5.74. The fourth-order valence-electron chi connectivity index (χ4n) is 3.44. The molecule has 2 amide bonds. The summed E-state index contributed by atoms with van der Waals surface area (Å²) in [7, 11) is 0. The van der Waals surface area contributed by atoms with E-state index in [1.165, 1.54) is 6.42 Å². The molecule has 0 aliphatic carbocycles. The molecule has 1 aromatic heterocycles. The Morgan fingerprint density at radius 1 is 1.33 bits per heavy atom. The van der Waals surface area contributed by atoms with Crippen LogP contribution >= 0.6 is 0 Å². The molecule has 6 nitrogen and oxygen atoms in total. The Morgan fingerprint density at radius 3 is 2.92 bits per heavy atom. The van der Waals surface area contributed by atoms with Gasteiger partial charge in [0.05, 0.1) is 13.2 Å². The number of rotatable bonds is 4. The van der Waals surface area contributed by atoms with Gasteiger partial charge in [0.2, 0.25) is 0 Å². The van der Waals surface area contributed by atoms with Crippen LogP contribution in [0.3, 0.4) is 0 Å². The van der Waals surface area contributed by atoms with E-state index in [2.05, 4.69) is 15.2 Å². The number of hydrogen-bond donors (Lipinski definition) is 1. The maximum Gasteiger partial charge on any atom is 0.317 e. The van der Waals surface area contributed by atoms with E-state index in [1.54, 1.807) is 0 Å². The van der Waals surface area contributed by atoms with Gasteiger partial charge in [-0.05, 0) is 37.3 Å². The number of hydrogen-bond acceptors (Lipinski definition) is 4. The number of pyridine rings is 1. The molecule has 3 rings (SSSR count). The summed E-state index contributed by atoms with van der Waals surface area (Å²) in [5, 5.41) is 3.03. The van der Waals surface area contributed by atoms with Crippen LogP contribution in [0.5, 0.6) is 0 Å². The zero-order chi connectivity index (χ0) is 16.8. The monoisotopic (exact) mass is 332 g/mol. The van der Waals surface area contributed by atoms with E-state index >= 15 is 0 Å². The van der Waals surface area contributed by atoms with Gasteiger partial charge in [0, 0.05) is 51.2 Å². The number of piperidine rings is 1. The predicted molar refractivity (Wildman–Crippen MR) is 92.8 cm³/mol. The summed E-state index contributed by atoms with van der Waals surface area (Å²) in [6, 6.07) is 4.03. The van der Waals surface area contributed by atoms with E-state index in [4.69, 9.17) is 4.74 Å². The fourth-order valence-corrected chi connectivity index (χ4v) is 3.44. The number of nitrogens with zero attached hydrogens (tertiary/aromatic N) is 3. The highest BCUT2D eigenvalue weighted by Gasteiger charge is 2.25. The molecule has 2 aliphatic rings. The van der Waals surface area contributed by atoms with Crippen LogP contribution < -0.4 is 5.32 Å². The van der Waals surface area contributed by atoms with Crippen LogP contribution in [-0.4, -0.2) is 66.8 Å². The minimum atomic E-state index is 0.0438. The van der Waals surface area contributed by atoms with Gasteiger partial charge in [-0.1, -0.05) is 6.07 Å². The highest BCUT2D eigenvalue weighted by Crippen LogP contribution is 2.18. The first-order valence-corrected chi connectivity index (χ1v) is 8.95. The number of aromatic nitrogens is 1. The average molecular weight is 332 g/mol. The van der Waals surface area contributed by atoms with Crippen LogP contribution in [0.4, 0.5) is 4.79 Å². The lowest BCUT2D eigenvalue weighted by Crippen LogP contribution is -2.48. The molecular weight excluding hydrogens is 304 g/mol. The van der Waals surface area contributed by atoms with Crippen molar-refractivity contribution in [2.45, 2.75) is 26.3 Å². The topological polar surface area (TPSA) is 57.7 Å². The molecule has 24 heavy (non-hydrogen) atoms. The summed E-state index contributed by atoms with van der Waals surface area (Å²) < 4.78 is 5.41. The second kappa shape index (κ2) is 8.44. The molecule has 0 aromatic carbocycles. The molecule has 1 aromatic rings. The van der Waals surface area contributed by atoms with Gasteiger partial charge in [0.25, 0.3) is 0 Å². The molecule has 0 radical (unpaired) electrons. The van der Waals surface area contributed by atoms with Gasteiger partial charge in [0.15, 0.2) is 0 Å². The second-order valence-electron chi connectivity index (χ2n) is 6.83. The van der Waals surface area contributed by atoms with Crippen molar-refractivity contribution in [2.24, 2.45) is 5.92 Å². The lowest BCUT2D eigenvalue weighted by molar-refractivity contribution is 0.0249. The Labute approximate surface area is 144 Å². The van der Waals surface area contributed by atoms with E-state index in [9.17, 15) is 4.79 Å².